The van der Waals surface area contributed by atoms with Crippen molar-refractivity contribution in [2.24, 2.45) is 5.92 Å². The minimum Gasteiger partial charge on any atom is -0.343 e. The van der Waals surface area contributed by atoms with E-state index in [1.54, 1.807) is 18.2 Å². The van der Waals surface area contributed by atoms with Crippen LogP contribution in [0.5, 0.6) is 0 Å². The summed E-state index contributed by atoms with van der Waals surface area (Å²) in [6.45, 7) is 3.37. The van der Waals surface area contributed by atoms with Crippen LogP contribution >= 0.6 is 23.2 Å². The summed E-state index contributed by atoms with van der Waals surface area (Å²) in [5, 5.41) is 3.82. The monoisotopic (exact) mass is 356 g/mol. The van der Waals surface area contributed by atoms with E-state index < -0.39 is 0 Å². The van der Waals surface area contributed by atoms with E-state index in [1.807, 2.05) is 4.90 Å². The van der Waals surface area contributed by atoms with Crippen LogP contribution in [0.25, 0.3) is 0 Å². The molecular formula is C17H22Cl2N2O2. The van der Waals surface area contributed by atoms with E-state index in [0.29, 0.717) is 48.1 Å². The molecule has 0 unspecified atom stereocenters. The van der Waals surface area contributed by atoms with Crippen molar-refractivity contribution in [2.45, 2.75) is 39.0 Å². The third-order valence-electron chi connectivity index (χ3n) is 4.15. The van der Waals surface area contributed by atoms with E-state index in [2.05, 4.69) is 12.2 Å². The molecule has 1 aliphatic rings. The number of nitrogens with zero attached hydrogens (tertiary/aromatic N) is 1. The average molecular weight is 357 g/mol. The van der Waals surface area contributed by atoms with Crippen LogP contribution in [0.2, 0.25) is 10.0 Å². The molecule has 1 aromatic rings. The van der Waals surface area contributed by atoms with Crippen molar-refractivity contribution in [2.75, 3.05) is 18.4 Å². The molecule has 0 atom stereocenters. The van der Waals surface area contributed by atoms with Gasteiger partial charge in [-0.15, -0.1) is 0 Å². The number of piperidine rings is 1. The van der Waals surface area contributed by atoms with E-state index in [4.69, 9.17) is 23.2 Å². The Morgan fingerprint density at radius 2 is 1.96 bits per heavy atom. The molecule has 1 aliphatic heterocycles. The molecule has 0 saturated carbocycles. The predicted octanol–water partition coefficient (Wildman–Crippen LogP) is 4.36. The fraction of sp³-hybridized carbons (Fsp3) is 0.529. The lowest BCUT2D eigenvalue weighted by atomic mass is 9.95. The Hall–Kier alpha value is -1.26. The zero-order valence-corrected chi connectivity index (χ0v) is 14.8. The fourth-order valence-electron chi connectivity index (χ4n) is 2.70. The third kappa shape index (κ3) is 5.11. The fourth-order valence-corrected chi connectivity index (χ4v) is 3.16. The van der Waals surface area contributed by atoms with E-state index in [-0.39, 0.29) is 17.7 Å². The molecule has 0 spiro atoms. The van der Waals surface area contributed by atoms with Gasteiger partial charge in [0.05, 0.1) is 10.7 Å². The number of halogens is 2. The molecule has 0 aliphatic carbocycles. The SMILES string of the molecule is CCCCC(=O)N1CCC(C(=O)Nc2ccc(Cl)cc2Cl)CC1. The molecule has 2 amide bonds. The number of anilines is 1. The molecule has 1 heterocycles. The van der Waals surface area contributed by atoms with Crippen molar-refractivity contribution >= 4 is 40.7 Å². The smallest absolute Gasteiger partial charge is 0.227 e. The largest absolute Gasteiger partial charge is 0.343 e. The first-order chi connectivity index (χ1) is 11.0. The number of likely N-dealkylation sites (tertiary alicyclic amines) is 1. The Kier molecular flexibility index (Phi) is 6.72. The van der Waals surface area contributed by atoms with Crippen molar-refractivity contribution in [3.05, 3.63) is 28.2 Å². The van der Waals surface area contributed by atoms with Gasteiger partial charge in [-0.2, -0.15) is 0 Å². The molecule has 2 rings (SSSR count). The van der Waals surface area contributed by atoms with Crippen molar-refractivity contribution in [1.29, 1.82) is 0 Å². The van der Waals surface area contributed by atoms with E-state index >= 15 is 0 Å². The lowest BCUT2D eigenvalue weighted by molar-refractivity contribution is -0.134. The van der Waals surface area contributed by atoms with Crippen LogP contribution < -0.4 is 5.32 Å². The number of carbonyl (C=O) groups excluding carboxylic acids is 2. The minimum absolute atomic E-state index is 0.0464. The molecule has 1 fully saturated rings. The van der Waals surface area contributed by atoms with Crippen LogP contribution in [-0.4, -0.2) is 29.8 Å². The second kappa shape index (κ2) is 8.55. The van der Waals surface area contributed by atoms with Crippen molar-refractivity contribution in [3.63, 3.8) is 0 Å². The van der Waals surface area contributed by atoms with Gasteiger partial charge in [-0.25, -0.2) is 0 Å². The molecule has 4 nitrogen and oxygen atoms in total. The Balaban J connectivity index is 1.85. The van der Waals surface area contributed by atoms with Crippen LogP contribution in [0, 0.1) is 5.92 Å². The van der Waals surface area contributed by atoms with Crippen LogP contribution in [-0.2, 0) is 9.59 Å². The first kappa shape index (κ1) is 18.1. The second-order valence-electron chi connectivity index (χ2n) is 5.87. The van der Waals surface area contributed by atoms with E-state index in [9.17, 15) is 9.59 Å². The lowest BCUT2D eigenvalue weighted by Gasteiger charge is -2.31. The summed E-state index contributed by atoms with van der Waals surface area (Å²) in [5.74, 6) is 0.0679. The summed E-state index contributed by atoms with van der Waals surface area (Å²) >= 11 is 11.9. The first-order valence-corrected chi connectivity index (χ1v) is 8.80. The van der Waals surface area contributed by atoms with Gasteiger partial charge in [0.1, 0.15) is 0 Å². The Bertz CT molecular complexity index is 570. The highest BCUT2D eigenvalue weighted by Gasteiger charge is 2.27. The molecule has 1 aromatic carbocycles. The highest BCUT2D eigenvalue weighted by molar-refractivity contribution is 6.36. The van der Waals surface area contributed by atoms with Crippen LogP contribution in [0.15, 0.2) is 18.2 Å². The second-order valence-corrected chi connectivity index (χ2v) is 6.72. The van der Waals surface area contributed by atoms with E-state index in [0.717, 1.165) is 12.8 Å². The molecule has 0 aromatic heterocycles. The quantitative estimate of drug-likeness (QED) is 0.851. The zero-order chi connectivity index (χ0) is 16.8. The number of unbranched alkanes of at least 4 members (excludes halogenated alkanes) is 1. The van der Waals surface area contributed by atoms with Crippen LogP contribution in [0.4, 0.5) is 5.69 Å². The molecule has 0 radical (unpaired) electrons. The number of nitrogens with one attached hydrogen (secondary N) is 1. The first-order valence-electron chi connectivity index (χ1n) is 8.05. The van der Waals surface area contributed by atoms with Gasteiger partial charge in [0.25, 0.3) is 0 Å². The molecule has 126 valence electrons. The zero-order valence-electron chi connectivity index (χ0n) is 13.3. The van der Waals surface area contributed by atoms with Gasteiger partial charge in [-0.3, -0.25) is 9.59 Å². The highest BCUT2D eigenvalue weighted by atomic mass is 35.5. The minimum atomic E-state index is -0.0861. The Morgan fingerprint density at radius 1 is 1.26 bits per heavy atom. The van der Waals surface area contributed by atoms with Crippen LogP contribution in [0.3, 0.4) is 0 Å². The summed E-state index contributed by atoms with van der Waals surface area (Å²) < 4.78 is 0. The van der Waals surface area contributed by atoms with Crippen LogP contribution in [0.1, 0.15) is 39.0 Å². The number of rotatable bonds is 5. The topological polar surface area (TPSA) is 49.4 Å². The van der Waals surface area contributed by atoms with Gasteiger partial charge < -0.3 is 10.2 Å². The normalized spacial score (nSPS) is 15.5. The van der Waals surface area contributed by atoms with Gasteiger partial charge >= 0.3 is 0 Å². The van der Waals surface area contributed by atoms with Crippen molar-refractivity contribution in [3.8, 4) is 0 Å². The molecule has 1 saturated heterocycles. The molecular weight excluding hydrogens is 335 g/mol. The number of amides is 2. The molecule has 1 N–H and O–H groups in total. The summed E-state index contributed by atoms with van der Waals surface area (Å²) in [4.78, 5) is 26.2. The average Bonchev–Trinajstić information content (AvgIpc) is 2.55. The van der Waals surface area contributed by atoms with Gasteiger partial charge in [-0.1, -0.05) is 36.5 Å². The van der Waals surface area contributed by atoms with Gasteiger partial charge in [0.15, 0.2) is 0 Å². The van der Waals surface area contributed by atoms with Crippen molar-refractivity contribution < 1.29 is 9.59 Å². The predicted molar refractivity (Wildman–Crippen MR) is 93.9 cm³/mol. The summed E-state index contributed by atoms with van der Waals surface area (Å²) in [5.41, 5.74) is 0.572. The molecule has 0 bridgehead atoms. The van der Waals surface area contributed by atoms with Gasteiger partial charge in [0.2, 0.25) is 11.8 Å². The number of benzene rings is 1. The summed E-state index contributed by atoms with van der Waals surface area (Å²) in [6.07, 6.45) is 3.93. The van der Waals surface area contributed by atoms with E-state index in [1.165, 1.54) is 0 Å². The maximum Gasteiger partial charge on any atom is 0.227 e. The maximum atomic E-state index is 12.3. The lowest BCUT2D eigenvalue weighted by Crippen LogP contribution is -2.41. The Labute approximate surface area is 147 Å². The highest BCUT2D eigenvalue weighted by Crippen LogP contribution is 2.27. The summed E-state index contributed by atoms with van der Waals surface area (Å²) in [6, 6.07) is 5.00. The number of hydrogen-bond donors (Lipinski definition) is 1. The Morgan fingerprint density at radius 3 is 2.57 bits per heavy atom. The standard InChI is InChI=1S/C17H22Cl2N2O2/c1-2-3-4-16(22)21-9-7-12(8-10-21)17(23)20-15-6-5-13(18)11-14(15)19/h5-6,11-12H,2-4,7-10H2,1H3,(H,20,23). The number of hydrogen-bond acceptors (Lipinski definition) is 2. The van der Waals surface area contributed by atoms with Gasteiger partial charge in [0, 0.05) is 30.5 Å². The summed E-state index contributed by atoms with van der Waals surface area (Å²) in [7, 11) is 0. The maximum absolute atomic E-state index is 12.3. The third-order valence-corrected chi connectivity index (χ3v) is 4.70. The van der Waals surface area contributed by atoms with Crippen molar-refractivity contribution in [1.82, 2.24) is 4.90 Å². The number of carbonyl (C=O) groups is 2. The molecule has 6 heteroatoms. The van der Waals surface area contributed by atoms with Gasteiger partial charge in [-0.05, 0) is 37.5 Å². The molecule has 23 heavy (non-hydrogen) atoms.